The lowest BCUT2D eigenvalue weighted by Crippen LogP contribution is -2.54. The first-order valence-corrected chi connectivity index (χ1v) is 10.5. The van der Waals surface area contributed by atoms with Crippen molar-refractivity contribution in [2.24, 2.45) is 11.7 Å². The minimum Gasteiger partial charge on any atom is -0.338 e. The fraction of sp³-hybridized carbons (Fsp3) is 0.667. The predicted octanol–water partition coefficient (Wildman–Crippen LogP) is 2.44. The molecular weight excluding hydrogens is 419 g/mol. The van der Waals surface area contributed by atoms with Gasteiger partial charge in [0.15, 0.2) is 11.6 Å². The number of likely N-dealkylation sites (N-methyl/N-ethyl adjacent to an activating group) is 1. The van der Waals surface area contributed by atoms with Crippen LogP contribution in [0.3, 0.4) is 0 Å². The molecule has 31 heavy (non-hydrogen) atoms. The van der Waals surface area contributed by atoms with Gasteiger partial charge in [-0.25, -0.2) is 18.1 Å². The summed E-state index contributed by atoms with van der Waals surface area (Å²) in [6, 6.07) is 0.545. The molecule has 2 saturated heterocycles. The van der Waals surface area contributed by atoms with Crippen LogP contribution < -0.4 is 5.73 Å². The van der Waals surface area contributed by atoms with Gasteiger partial charge in [0.05, 0.1) is 0 Å². The Morgan fingerprint density at radius 1 is 1.16 bits per heavy atom. The molecule has 1 amide bonds. The van der Waals surface area contributed by atoms with E-state index < -0.39 is 30.0 Å². The summed E-state index contributed by atoms with van der Waals surface area (Å²) in [5.41, 5.74) is 5.94. The van der Waals surface area contributed by atoms with E-state index in [9.17, 15) is 26.7 Å². The van der Waals surface area contributed by atoms with E-state index in [1.165, 1.54) is 0 Å². The Hall–Kier alpha value is -1.78. The van der Waals surface area contributed by atoms with Crippen LogP contribution in [-0.2, 0) is 11.2 Å². The van der Waals surface area contributed by atoms with E-state index in [0.29, 0.717) is 38.8 Å². The molecule has 2 fully saturated rings. The van der Waals surface area contributed by atoms with Crippen LogP contribution in [0.4, 0.5) is 22.0 Å². The third-order valence-electron chi connectivity index (χ3n) is 6.06. The van der Waals surface area contributed by atoms with E-state index in [1.807, 2.05) is 7.05 Å². The maximum absolute atomic E-state index is 13.8. The maximum atomic E-state index is 13.8. The molecule has 1 unspecified atom stereocenters. The number of rotatable bonds is 9. The maximum Gasteiger partial charge on any atom is 0.294 e. The third-order valence-corrected chi connectivity index (χ3v) is 6.06. The highest BCUT2D eigenvalue weighted by atomic mass is 19.3. The molecule has 2 heterocycles. The first-order chi connectivity index (χ1) is 14.6. The number of amides is 1. The number of hydrogen-bond acceptors (Lipinski definition) is 4. The minimum absolute atomic E-state index is 0.0102. The van der Waals surface area contributed by atoms with Crippen molar-refractivity contribution >= 4 is 5.91 Å². The van der Waals surface area contributed by atoms with E-state index in [-0.39, 0.29) is 36.3 Å². The second-order valence-corrected chi connectivity index (χ2v) is 8.73. The molecule has 0 saturated carbocycles. The lowest BCUT2D eigenvalue weighted by Gasteiger charge is -2.41. The zero-order chi connectivity index (χ0) is 22.7. The van der Waals surface area contributed by atoms with Crippen molar-refractivity contribution < 1.29 is 26.7 Å². The molecule has 174 valence electrons. The van der Waals surface area contributed by atoms with Gasteiger partial charge < -0.3 is 15.5 Å². The molecule has 0 radical (unpaired) electrons. The zero-order valence-corrected chi connectivity index (χ0v) is 17.5. The molecule has 0 aliphatic carbocycles. The molecule has 0 spiro atoms. The molecule has 0 aromatic heterocycles. The predicted molar refractivity (Wildman–Crippen MR) is 106 cm³/mol. The summed E-state index contributed by atoms with van der Waals surface area (Å²) < 4.78 is 65.4. The summed E-state index contributed by atoms with van der Waals surface area (Å²) in [5.74, 6) is -3.26. The molecule has 1 aromatic carbocycles. The molecule has 2 atom stereocenters. The summed E-state index contributed by atoms with van der Waals surface area (Å²) in [4.78, 5) is 17.7. The number of hydrogen-bond donors (Lipinski definition) is 1. The first-order valence-electron chi connectivity index (χ1n) is 10.5. The Morgan fingerprint density at radius 2 is 1.84 bits per heavy atom. The normalized spacial score (nSPS) is 21.2. The Balaban J connectivity index is 1.47. The topological polar surface area (TPSA) is 52.8 Å². The van der Waals surface area contributed by atoms with Gasteiger partial charge in [-0.2, -0.15) is 8.78 Å². The molecule has 3 rings (SSSR count). The van der Waals surface area contributed by atoms with Gasteiger partial charge in [0.1, 0.15) is 5.82 Å². The Bertz CT molecular complexity index is 774. The largest absolute Gasteiger partial charge is 0.338 e. The van der Waals surface area contributed by atoms with Crippen LogP contribution in [0.5, 0.6) is 0 Å². The van der Waals surface area contributed by atoms with Crippen molar-refractivity contribution in [1.82, 2.24) is 14.7 Å². The van der Waals surface area contributed by atoms with Crippen molar-refractivity contribution in [3.8, 4) is 0 Å². The third kappa shape index (κ3) is 6.14. The van der Waals surface area contributed by atoms with Gasteiger partial charge in [-0.3, -0.25) is 4.79 Å². The van der Waals surface area contributed by atoms with Crippen molar-refractivity contribution in [3.63, 3.8) is 0 Å². The van der Waals surface area contributed by atoms with Crippen LogP contribution in [0, 0.1) is 23.4 Å². The number of likely N-dealkylation sites (tertiary alicyclic amines) is 2. The standard InChI is InChI=1S/C21H29F5N4O/c1-28(9-13-10-29(11-13)21(25)26)12-16-3-2-4-30(16)20(31)7-15(27)5-14-6-18(23)19(24)8-17(14)22/h6,8,13,15-16,21H,2-5,7,9-12,27H2,1H3/t15-,16?/m1/s1. The summed E-state index contributed by atoms with van der Waals surface area (Å²) in [6.07, 6.45) is 1.61. The van der Waals surface area contributed by atoms with E-state index >= 15 is 0 Å². The minimum atomic E-state index is -2.41. The van der Waals surface area contributed by atoms with E-state index in [1.54, 1.807) is 4.90 Å². The van der Waals surface area contributed by atoms with Crippen LogP contribution in [0.1, 0.15) is 24.8 Å². The Labute approximate surface area is 179 Å². The number of carbonyl (C=O) groups is 1. The summed E-state index contributed by atoms with van der Waals surface area (Å²) in [7, 11) is 1.92. The van der Waals surface area contributed by atoms with Crippen LogP contribution in [0.2, 0.25) is 0 Å². The van der Waals surface area contributed by atoms with Gasteiger partial charge in [0.25, 0.3) is 6.55 Å². The lowest BCUT2D eigenvalue weighted by molar-refractivity contribution is -0.132. The highest BCUT2D eigenvalue weighted by Crippen LogP contribution is 2.24. The van der Waals surface area contributed by atoms with Crippen LogP contribution in [0.15, 0.2) is 12.1 Å². The molecular formula is C21H29F5N4O. The summed E-state index contributed by atoms with van der Waals surface area (Å²) >= 11 is 0. The van der Waals surface area contributed by atoms with Crippen molar-refractivity contribution in [1.29, 1.82) is 0 Å². The number of benzene rings is 1. The number of nitrogens with two attached hydrogens (primary N) is 1. The first kappa shape index (κ1) is 23.9. The highest BCUT2D eigenvalue weighted by molar-refractivity contribution is 5.77. The smallest absolute Gasteiger partial charge is 0.294 e. The van der Waals surface area contributed by atoms with Gasteiger partial charge in [-0.1, -0.05) is 0 Å². The molecule has 2 N–H and O–H groups in total. The summed E-state index contributed by atoms with van der Waals surface area (Å²) in [6.45, 7) is 0.288. The fourth-order valence-corrected chi connectivity index (χ4v) is 4.53. The monoisotopic (exact) mass is 448 g/mol. The number of nitrogens with zero attached hydrogens (tertiary/aromatic N) is 3. The zero-order valence-electron chi connectivity index (χ0n) is 17.5. The lowest BCUT2D eigenvalue weighted by atomic mass is 10.00. The van der Waals surface area contributed by atoms with Crippen LogP contribution >= 0.6 is 0 Å². The van der Waals surface area contributed by atoms with Crippen LogP contribution in [-0.4, -0.2) is 79.0 Å². The quantitative estimate of drug-likeness (QED) is 0.358. The van der Waals surface area contributed by atoms with Crippen molar-refractivity contribution in [3.05, 3.63) is 35.1 Å². The Kier molecular flexibility index (Phi) is 7.87. The SMILES string of the molecule is CN(CC1CN(C(F)F)C1)CC1CCCN1C(=O)C[C@H](N)Cc1cc(F)c(F)cc1F. The molecule has 2 aliphatic rings. The average molecular weight is 448 g/mol. The van der Waals surface area contributed by atoms with E-state index in [4.69, 9.17) is 5.73 Å². The number of alkyl halides is 2. The van der Waals surface area contributed by atoms with Gasteiger partial charge in [0.2, 0.25) is 5.91 Å². The molecule has 1 aromatic rings. The van der Waals surface area contributed by atoms with Gasteiger partial charge in [0, 0.05) is 57.3 Å². The molecule has 5 nitrogen and oxygen atoms in total. The van der Waals surface area contributed by atoms with Crippen LogP contribution in [0.25, 0.3) is 0 Å². The van der Waals surface area contributed by atoms with Gasteiger partial charge >= 0.3 is 0 Å². The van der Waals surface area contributed by atoms with Gasteiger partial charge in [-0.05, 0) is 43.9 Å². The van der Waals surface area contributed by atoms with Crippen molar-refractivity contribution in [2.45, 2.75) is 44.3 Å². The second-order valence-electron chi connectivity index (χ2n) is 8.73. The number of halogens is 5. The highest BCUT2D eigenvalue weighted by Gasteiger charge is 2.35. The molecule has 10 heteroatoms. The molecule has 2 aliphatic heterocycles. The second kappa shape index (κ2) is 10.2. The van der Waals surface area contributed by atoms with Gasteiger partial charge in [-0.15, -0.1) is 0 Å². The van der Waals surface area contributed by atoms with E-state index in [2.05, 4.69) is 4.90 Å². The Morgan fingerprint density at radius 3 is 2.52 bits per heavy atom. The molecule has 0 bridgehead atoms. The summed E-state index contributed by atoms with van der Waals surface area (Å²) in [5, 5.41) is 0. The van der Waals surface area contributed by atoms with E-state index in [0.717, 1.165) is 23.8 Å². The fourth-order valence-electron chi connectivity index (χ4n) is 4.53. The van der Waals surface area contributed by atoms with Crippen molar-refractivity contribution in [2.75, 3.05) is 39.8 Å². The number of carbonyl (C=O) groups excluding carboxylic acids is 1. The average Bonchev–Trinajstić information content (AvgIpc) is 3.10.